The molecule has 2 rings (SSSR count). The molecule has 0 saturated heterocycles. The van der Waals surface area contributed by atoms with Crippen molar-refractivity contribution >= 4 is 33.0 Å². The van der Waals surface area contributed by atoms with Gasteiger partial charge in [0.15, 0.2) is 0 Å². The Kier molecular flexibility index (Phi) is 4.38. The molecule has 5 heteroatoms. The van der Waals surface area contributed by atoms with Crippen LogP contribution in [0.2, 0.25) is 0 Å². The van der Waals surface area contributed by atoms with E-state index in [0.717, 1.165) is 20.7 Å². The third-order valence-corrected chi connectivity index (χ3v) is 4.36. The quantitative estimate of drug-likeness (QED) is 0.517. The van der Waals surface area contributed by atoms with Crippen LogP contribution in [-0.4, -0.2) is 10.9 Å². The van der Waals surface area contributed by atoms with Crippen molar-refractivity contribution in [1.29, 1.82) is 0 Å². The Morgan fingerprint density at radius 1 is 1.44 bits per heavy atom. The van der Waals surface area contributed by atoms with Gasteiger partial charge in [0, 0.05) is 10.0 Å². The zero-order chi connectivity index (χ0) is 13.0. The van der Waals surface area contributed by atoms with E-state index in [4.69, 9.17) is 9.94 Å². The standard InChI is InChI=1S/C13H12BrNO2S/c1-9(15-16)10-3-2-4-11(7-10)17-8-13-12(14)5-6-18-13/h2-7,16H,8H2,1H3/b15-9+. The topological polar surface area (TPSA) is 41.8 Å². The number of oxime groups is 1. The Morgan fingerprint density at radius 2 is 2.28 bits per heavy atom. The molecule has 0 saturated carbocycles. The molecule has 0 radical (unpaired) electrons. The van der Waals surface area contributed by atoms with Gasteiger partial charge in [-0.25, -0.2) is 0 Å². The smallest absolute Gasteiger partial charge is 0.124 e. The summed E-state index contributed by atoms with van der Waals surface area (Å²) < 4.78 is 6.78. The minimum atomic E-state index is 0.525. The molecule has 0 fully saturated rings. The third kappa shape index (κ3) is 3.11. The van der Waals surface area contributed by atoms with Crippen LogP contribution in [0, 0.1) is 0 Å². The molecule has 0 aliphatic carbocycles. The Labute approximate surface area is 118 Å². The van der Waals surface area contributed by atoms with Gasteiger partial charge in [-0.15, -0.1) is 11.3 Å². The fourth-order valence-electron chi connectivity index (χ4n) is 1.45. The molecule has 0 aliphatic heterocycles. The lowest BCUT2D eigenvalue weighted by Crippen LogP contribution is -1.97. The van der Waals surface area contributed by atoms with E-state index >= 15 is 0 Å². The maximum absolute atomic E-state index is 8.74. The van der Waals surface area contributed by atoms with Crippen LogP contribution >= 0.6 is 27.3 Å². The molecule has 0 unspecified atom stereocenters. The Morgan fingerprint density at radius 3 is 2.94 bits per heavy atom. The highest BCUT2D eigenvalue weighted by Crippen LogP contribution is 2.24. The highest BCUT2D eigenvalue weighted by atomic mass is 79.9. The maximum Gasteiger partial charge on any atom is 0.124 e. The molecule has 1 heterocycles. The lowest BCUT2D eigenvalue weighted by Gasteiger charge is -2.07. The molecule has 1 aromatic heterocycles. The van der Waals surface area contributed by atoms with E-state index in [1.165, 1.54) is 0 Å². The number of halogens is 1. The normalized spacial score (nSPS) is 11.6. The van der Waals surface area contributed by atoms with E-state index in [-0.39, 0.29) is 0 Å². The number of benzene rings is 1. The summed E-state index contributed by atoms with van der Waals surface area (Å²) in [5.74, 6) is 0.760. The molecule has 0 atom stereocenters. The number of ether oxygens (including phenoxy) is 1. The summed E-state index contributed by atoms with van der Waals surface area (Å²) in [6.07, 6.45) is 0. The summed E-state index contributed by atoms with van der Waals surface area (Å²) in [5, 5.41) is 13.9. The first kappa shape index (κ1) is 13.1. The zero-order valence-corrected chi connectivity index (χ0v) is 12.2. The molecule has 1 N–H and O–H groups in total. The summed E-state index contributed by atoms with van der Waals surface area (Å²) in [6, 6.07) is 9.50. The summed E-state index contributed by atoms with van der Waals surface area (Å²) in [6.45, 7) is 2.27. The third-order valence-electron chi connectivity index (χ3n) is 2.46. The van der Waals surface area contributed by atoms with Crippen molar-refractivity contribution in [2.75, 3.05) is 0 Å². The van der Waals surface area contributed by atoms with Crippen LogP contribution in [0.3, 0.4) is 0 Å². The zero-order valence-electron chi connectivity index (χ0n) is 9.76. The van der Waals surface area contributed by atoms with Crippen LogP contribution in [-0.2, 0) is 6.61 Å². The summed E-state index contributed by atoms with van der Waals surface area (Å²) in [4.78, 5) is 1.15. The average Bonchev–Trinajstić information content (AvgIpc) is 2.81. The van der Waals surface area contributed by atoms with Crippen LogP contribution in [0.5, 0.6) is 5.75 Å². The van der Waals surface area contributed by atoms with E-state index in [2.05, 4.69) is 21.1 Å². The molecule has 1 aromatic carbocycles. The maximum atomic E-state index is 8.74. The van der Waals surface area contributed by atoms with Crippen LogP contribution in [0.15, 0.2) is 45.3 Å². The van der Waals surface area contributed by atoms with Gasteiger partial charge in [0.05, 0.1) is 10.6 Å². The minimum Gasteiger partial charge on any atom is -0.488 e. The van der Waals surface area contributed by atoms with Crippen molar-refractivity contribution in [1.82, 2.24) is 0 Å². The van der Waals surface area contributed by atoms with Crippen LogP contribution in [0.25, 0.3) is 0 Å². The summed E-state index contributed by atoms with van der Waals surface area (Å²) >= 11 is 5.12. The molecular weight excluding hydrogens is 314 g/mol. The highest BCUT2D eigenvalue weighted by molar-refractivity contribution is 9.10. The first-order valence-corrected chi connectivity index (χ1v) is 7.01. The minimum absolute atomic E-state index is 0.525. The van der Waals surface area contributed by atoms with E-state index < -0.39 is 0 Å². The van der Waals surface area contributed by atoms with Crippen molar-refractivity contribution in [3.8, 4) is 5.75 Å². The van der Waals surface area contributed by atoms with Crippen molar-refractivity contribution in [2.45, 2.75) is 13.5 Å². The Hall–Kier alpha value is -1.33. The number of hydrogen-bond donors (Lipinski definition) is 1. The predicted molar refractivity (Wildman–Crippen MR) is 76.8 cm³/mol. The molecule has 94 valence electrons. The lowest BCUT2D eigenvalue weighted by molar-refractivity contribution is 0.309. The van der Waals surface area contributed by atoms with E-state index in [9.17, 15) is 0 Å². The van der Waals surface area contributed by atoms with Crippen LogP contribution in [0.4, 0.5) is 0 Å². The largest absolute Gasteiger partial charge is 0.488 e. The molecule has 0 bridgehead atoms. The molecule has 2 aromatic rings. The first-order valence-electron chi connectivity index (χ1n) is 5.34. The van der Waals surface area contributed by atoms with E-state index in [1.807, 2.05) is 35.7 Å². The molecule has 18 heavy (non-hydrogen) atoms. The monoisotopic (exact) mass is 325 g/mol. The van der Waals surface area contributed by atoms with Gasteiger partial charge < -0.3 is 9.94 Å². The van der Waals surface area contributed by atoms with E-state index in [1.54, 1.807) is 18.3 Å². The van der Waals surface area contributed by atoms with Gasteiger partial charge in [-0.3, -0.25) is 0 Å². The summed E-state index contributed by atoms with van der Waals surface area (Å²) in [5.41, 5.74) is 1.41. The molecular formula is C13H12BrNO2S. The predicted octanol–water partition coefficient (Wildman–Crippen LogP) is 4.29. The molecule has 0 amide bonds. The van der Waals surface area contributed by atoms with Gasteiger partial charge in [0.1, 0.15) is 12.4 Å². The van der Waals surface area contributed by atoms with Crippen molar-refractivity contribution in [2.24, 2.45) is 5.16 Å². The van der Waals surface area contributed by atoms with Crippen molar-refractivity contribution in [3.05, 3.63) is 50.6 Å². The fourth-order valence-corrected chi connectivity index (χ4v) is 2.82. The number of hydrogen-bond acceptors (Lipinski definition) is 4. The SMILES string of the molecule is C/C(=N\O)c1cccc(OCc2sccc2Br)c1. The molecule has 0 aliphatic rings. The molecule has 3 nitrogen and oxygen atoms in total. The highest BCUT2D eigenvalue weighted by Gasteiger charge is 2.04. The van der Waals surface area contributed by atoms with Gasteiger partial charge in [-0.05, 0) is 46.4 Å². The number of rotatable bonds is 4. The number of thiophene rings is 1. The van der Waals surface area contributed by atoms with Gasteiger partial charge >= 0.3 is 0 Å². The first-order chi connectivity index (χ1) is 8.70. The van der Waals surface area contributed by atoms with Crippen molar-refractivity contribution < 1.29 is 9.94 Å². The second kappa shape index (κ2) is 6.02. The fraction of sp³-hybridized carbons (Fsp3) is 0.154. The number of nitrogens with zero attached hydrogens (tertiary/aromatic N) is 1. The summed E-state index contributed by atoms with van der Waals surface area (Å²) in [7, 11) is 0. The van der Waals surface area contributed by atoms with E-state index in [0.29, 0.717) is 12.3 Å². The average molecular weight is 326 g/mol. The molecule has 0 spiro atoms. The van der Waals surface area contributed by atoms with Gasteiger partial charge in [0.25, 0.3) is 0 Å². The Bertz CT molecular complexity index is 566. The van der Waals surface area contributed by atoms with Crippen LogP contribution < -0.4 is 4.74 Å². The second-order valence-corrected chi connectivity index (χ2v) is 5.55. The van der Waals surface area contributed by atoms with Gasteiger partial charge in [0.2, 0.25) is 0 Å². The van der Waals surface area contributed by atoms with Crippen molar-refractivity contribution in [3.63, 3.8) is 0 Å². The van der Waals surface area contributed by atoms with Gasteiger partial charge in [-0.2, -0.15) is 0 Å². The van der Waals surface area contributed by atoms with Crippen LogP contribution in [0.1, 0.15) is 17.4 Å². The van der Waals surface area contributed by atoms with Gasteiger partial charge in [-0.1, -0.05) is 17.3 Å². The lowest BCUT2D eigenvalue weighted by atomic mass is 10.1. The Balaban J connectivity index is 2.08. The second-order valence-electron chi connectivity index (χ2n) is 3.69.